The Morgan fingerprint density at radius 2 is 2.22 bits per heavy atom. The average molecular weight is 125 g/mol. The third kappa shape index (κ3) is 1.72. The van der Waals surface area contributed by atoms with E-state index in [2.05, 4.69) is 0 Å². The lowest BCUT2D eigenvalue weighted by atomic mass is 10.3. The van der Waals surface area contributed by atoms with Crippen molar-refractivity contribution in [3.05, 3.63) is 35.8 Å². The largest absolute Gasteiger partial charge is 0.399 e. The van der Waals surface area contributed by atoms with E-state index in [0.717, 1.165) is 0 Å². The van der Waals surface area contributed by atoms with Gasteiger partial charge in [-0.05, 0) is 18.2 Å². The summed E-state index contributed by atoms with van der Waals surface area (Å²) in [7, 11) is 0. The topological polar surface area (TPSA) is 26.0 Å². The first kappa shape index (κ1) is 6.08. The molecule has 1 rings (SSSR count). The van der Waals surface area contributed by atoms with Gasteiger partial charge in [-0.1, -0.05) is 6.08 Å². The molecule has 0 saturated heterocycles. The van der Waals surface area contributed by atoms with Crippen LogP contribution in [0.1, 0.15) is 6.42 Å². The summed E-state index contributed by atoms with van der Waals surface area (Å²) in [6, 6.07) is 0. The van der Waals surface area contributed by atoms with Crippen LogP contribution in [0.25, 0.3) is 0 Å². The molecule has 0 aromatic rings. The van der Waals surface area contributed by atoms with Gasteiger partial charge in [0, 0.05) is 12.1 Å². The quantitative estimate of drug-likeness (QED) is 0.523. The van der Waals surface area contributed by atoms with Crippen molar-refractivity contribution in [2.24, 2.45) is 5.73 Å². The van der Waals surface area contributed by atoms with Crippen LogP contribution in [0.4, 0.5) is 4.39 Å². The van der Waals surface area contributed by atoms with Crippen LogP contribution < -0.4 is 5.73 Å². The molecule has 0 amide bonds. The summed E-state index contributed by atoms with van der Waals surface area (Å²) >= 11 is 0. The van der Waals surface area contributed by atoms with Crippen molar-refractivity contribution in [1.29, 1.82) is 0 Å². The summed E-state index contributed by atoms with van der Waals surface area (Å²) < 4.78 is 12.3. The van der Waals surface area contributed by atoms with E-state index in [4.69, 9.17) is 5.73 Å². The smallest absolute Gasteiger partial charge is 0.104 e. The molecule has 0 heterocycles. The highest BCUT2D eigenvalue weighted by Crippen LogP contribution is 2.08. The molecule has 2 N–H and O–H groups in total. The Balaban J connectivity index is 2.80. The summed E-state index contributed by atoms with van der Waals surface area (Å²) in [6.07, 6.45) is 6.69. The highest BCUT2D eigenvalue weighted by atomic mass is 19.1. The molecule has 1 aliphatic carbocycles. The molecule has 0 aromatic carbocycles. The number of hydrogen-bond acceptors (Lipinski definition) is 1. The first-order valence-corrected chi connectivity index (χ1v) is 2.77. The van der Waals surface area contributed by atoms with Gasteiger partial charge in [-0.2, -0.15) is 0 Å². The monoisotopic (exact) mass is 125 g/mol. The van der Waals surface area contributed by atoms with Gasteiger partial charge in [-0.15, -0.1) is 0 Å². The van der Waals surface area contributed by atoms with E-state index in [1.807, 2.05) is 0 Å². The summed E-state index contributed by atoms with van der Waals surface area (Å²) in [5, 5.41) is 0. The fourth-order valence-electron chi connectivity index (χ4n) is 0.618. The maximum Gasteiger partial charge on any atom is 0.104 e. The minimum absolute atomic E-state index is 0.147. The van der Waals surface area contributed by atoms with Gasteiger partial charge in [0.2, 0.25) is 0 Å². The Bertz CT molecular complexity index is 189. The van der Waals surface area contributed by atoms with E-state index in [1.54, 1.807) is 18.2 Å². The third-order valence-corrected chi connectivity index (χ3v) is 1.08. The molecule has 0 aliphatic heterocycles. The fourth-order valence-corrected chi connectivity index (χ4v) is 0.618. The summed E-state index contributed by atoms with van der Waals surface area (Å²) in [5.74, 6) is -0.147. The van der Waals surface area contributed by atoms with Gasteiger partial charge >= 0.3 is 0 Å². The zero-order valence-corrected chi connectivity index (χ0v) is 4.97. The SMILES string of the molecule is NC1=CC=C(F)CC=C1. The zero-order valence-electron chi connectivity index (χ0n) is 4.97. The minimum atomic E-state index is -0.147. The van der Waals surface area contributed by atoms with Crippen molar-refractivity contribution in [3.8, 4) is 0 Å². The van der Waals surface area contributed by atoms with E-state index < -0.39 is 0 Å². The molecule has 0 bridgehead atoms. The standard InChI is InChI=1S/C7H8FN/c8-6-2-1-3-7(9)5-4-6/h1,3-5H,2,9H2. The highest BCUT2D eigenvalue weighted by Gasteiger charge is 1.92. The molecule has 0 spiro atoms. The summed E-state index contributed by atoms with van der Waals surface area (Å²) in [5.41, 5.74) is 5.96. The Kier molecular flexibility index (Phi) is 1.68. The first-order chi connectivity index (χ1) is 4.29. The Labute approximate surface area is 53.4 Å². The van der Waals surface area contributed by atoms with E-state index in [-0.39, 0.29) is 5.83 Å². The molecule has 0 radical (unpaired) electrons. The van der Waals surface area contributed by atoms with Crippen LogP contribution in [0.2, 0.25) is 0 Å². The molecule has 1 aliphatic rings. The maximum atomic E-state index is 12.3. The van der Waals surface area contributed by atoms with E-state index in [0.29, 0.717) is 12.1 Å². The average Bonchev–Trinajstić information content (AvgIpc) is 1.97. The van der Waals surface area contributed by atoms with Crippen molar-refractivity contribution >= 4 is 0 Å². The second-order valence-electron chi connectivity index (χ2n) is 1.89. The predicted molar refractivity (Wildman–Crippen MR) is 35.2 cm³/mol. The Hall–Kier alpha value is -1.05. The molecular formula is C7H8FN. The zero-order chi connectivity index (χ0) is 6.69. The van der Waals surface area contributed by atoms with Crippen LogP contribution in [0, 0.1) is 0 Å². The normalized spacial score (nSPS) is 18.3. The van der Waals surface area contributed by atoms with Gasteiger partial charge in [-0.25, -0.2) is 4.39 Å². The van der Waals surface area contributed by atoms with Gasteiger partial charge < -0.3 is 5.73 Å². The van der Waals surface area contributed by atoms with Gasteiger partial charge in [0.15, 0.2) is 0 Å². The third-order valence-electron chi connectivity index (χ3n) is 1.08. The van der Waals surface area contributed by atoms with Crippen molar-refractivity contribution in [2.75, 3.05) is 0 Å². The molecule has 2 heteroatoms. The van der Waals surface area contributed by atoms with Crippen LogP contribution >= 0.6 is 0 Å². The molecule has 0 saturated carbocycles. The van der Waals surface area contributed by atoms with Crippen LogP contribution in [-0.4, -0.2) is 0 Å². The second-order valence-corrected chi connectivity index (χ2v) is 1.89. The summed E-state index contributed by atoms with van der Waals surface area (Å²) in [4.78, 5) is 0. The Morgan fingerprint density at radius 3 is 3.00 bits per heavy atom. The van der Waals surface area contributed by atoms with Crippen LogP contribution in [-0.2, 0) is 0 Å². The highest BCUT2D eigenvalue weighted by molar-refractivity contribution is 5.26. The Morgan fingerprint density at radius 1 is 1.44 bits per heavy atom. The van der Waals surface area contributed by atoms with Crippen LogP contribution in [0.5, 0.6) is 0 Å². The molecule has 0 fully saturated rings. The van der Waals surface area contributed by atoms with Crippen molar-refractivity contribution in [1.82, 2.24) is 0 Å². The number of halogens is 1. The number of nitrogens with two attached hydrogens (primary N) is 1. The van der Waals surface area contributed by atoms with E-state index >= 15 is 0 Å². The number of rotatable bonds is 0. The fraction of sp³-hybridized carbons (Fsp3) is 0.143. The van der Waals surface area contributed by atoms with Crippen molar-refractivity contribution in [3.63, 3.8) is 0 Å². The second kappa shape index (κ2) is 2.49. The maximum absolute atomic E-state index is 12.3. The lowest BCUT2D eigenvalue weighted by molar-refractivity contribution is 0.618. The lowest BCUT2D eigenvalue weighted by Gasteiger charge is -1.82. The molecule has 9 heavy (non-hydrogen) atoms. The molecule has 0 aromatic heterocycles. The number of hydrogen-bond donors (Lipinski definition) is 1. The van der Waals surface area contributed by atoms with Crippen molar-refractivity contribution < 1.29 is 4.39 Å². The van der Waals surface area contributed by atoms with Gasteiger partial charge in [-0.3, -0.25) is 0 Å². The van der Waals surface area contributed by atoms with Gasteiger partial charge in [0.05, 0.1) is 0 Å². The van der Waals surface area contributed by atoms with Crippen LogP contribution in [0.15, 0.2) is 35.8 Å². The first-order valence-electron chi connectivity index (χ1n) is 2.77. The predicted octanol–water partition coefficient (Wildman–Crippen LogP) is 1.64. The molecule has 0 unspecified atom stereocenters. The molecule has 1 nitrogen and oxygen atoms in total. The van der Waals surface area contributed by atoms with Crippen LogP contribution in [0.3, 0.4) is 0 Å². The van der Waals surface area contributed by atoms with E-state index in [9.17, 15) is 4.39 Å². The van der Waals surface area contributed by atoms with Gasteiger partial charge in [0.1, 0.15) is 5.83 Å². The molecule has 0 atom stereocenters. The number of allylic oxidation sites excluding steroid dienone is 5. The lowest BCUT2D eigenvalue weighted by Crippen LogP contribution is -1.89. The molecular weight excluding hydrogens is 117 g/mol. The molecule has 48 valence electrons. The van der Waals surface area contributed by atoms with E-state index in [1.165, 1.54) is 6.08 Å². The minimum Gasteiger partial charge on any atom is -0.399 e. The van der Waals surface area contributed by atoms with Gasteiger partial charge in [0.25, 0.3) is 0 Å². The van der Waals surface area contributed by atoms with Crippen molar-refractivity contribution in [2.45, 2.75) is 6.42 Å². The summed E-state index contributed by atoms with van der Waals surface area (Å²) in [6.45, 7) is 0.